The fourth-order valence-corrected chi connectivity index (χ4v) is 2.87. The fourth-order valence-electron chi connectivity index (χ4n) is 1.92. The van der Waals surface area contributed by atoms with E-state index in [9.17, 15) is 14.4 Å². The van der Waals surface area contributed by atoms with Gasteiger partial charge in [-0.3, -0.25) is 14.4 Å². The molecule has 0 bridgehead atoms. The maximum atomic E-state index is 11.8. The van der Waals surface area contributed by atoms with Gasteiger partial charge in [-0.25, -0.2) is 4.98 Å². The van der Waals surface area contributed by atoms with Crippen molar-refractivity contribution in [1.82, 2.24) is 10.3 Å². The minimum atomic E-state index is -0.401. The summed E-state index contributed by atoms with van der Waals surface area (Å²) in [6.45, 7) is 2.66. The van der Waals surface area contributed by atoms with Crippen molar-refractivity contribution in [3.05, 3.63) is 10.6 Å². The van der Waals surface area contributed by atoms with E-state index in [1.165, 1.54) is 0 Å². The third-order valence-electron chi connectivity index (χ3n) is 2.89. The van der Waals surface area contributed by atoms with Gasteiger partial charge in [-0.1, -0.05) is 11.3 Å². The molecule has 21 heavy (non-hydrogen) atoms. The van der Waals surface area contributed by atoms with E-state index in [0.717, 1.165) is 23.5 Å². The van der Waals surface area contributed by atoms with Crippen LogP contribution in [0.2, 0.25) is 0 Å². The van der Waals surface area contributed by atoms with E-state index in [4.69, 9.17) is 4.74 Å². The van der Waals surface area contributed by atoms with Crippen molar-refractivity contribution in [2.45, 2.75) is 32.6 Å². The Bertz CT molecular complexity index is 556. The molecule has 0 saturated heterocycles. The lowest BCUT2D eigenvalue weighted by atomic mass is 10.2. The van der Waals surface area contributed by atoms with Crippen LogP contribution in [0.25, 0.3) is 0 Å². The molecular formula is C13H17N3O4S. The molecule has 1 aromatic rings. The highest BCUT2D eigenvalue weighted by atomic mass is 32.1. The number of anilines is 1. The van der Waals surface area contributed by atoms with Gasteiger partial charge < -0.3 is 15.4 Å². The molecule has 2 heterocycles. The number of carbonyl (C=O) groups excluding carboxylic acids is 3. The molecule has 0 spiro atoms. The van der Waals surface area contributed by atoms with Crippen molar-refractivity contribution < 1.29 is 19.1 Å². The van der Waals surface area contributed by atoms with E-state index in [0.29, 0.717) is 29.6 Å². The number of amides is 2. The molecule has 0 radical (unpaired) electrons. The highest BCUT2D eigenvalue weighted by molar-refractivity contribution is 7.17. The third-order valence-corrected chi connectivity index (χ3v) is 3.90. The van der Waals surface area contributed by atoms with E-state index in [2.05, 4.69) is 15.6 Å². The van der Waals surface area contributed by atoms with Gasteiger partial charge in [-0.05, 0) is 19.8 Å². The Morgan fingerprint density at radius 1 is 1.43 bits per heavy atom. The number of hydrogen-bond acceptors (Lipinski definition) is 6. The van der Waals surface area contributed by atoms with Crippen molar-refractivity contribution in [3.63, 3.8) is 0 Å². The van der Waals surface area contributed by atoms with Crippen LogP contribution in [0.5, 0.6) is 0 Å². The summed E-state index contributed by atoms with van der Waals surface area (Å²) in [5, 5.41) is 5.79. The molecular weight excluding hydrogens is 294 g/mol. The highest BCUT2D eigenvalue weighted by Crippen LogP contribution is 2.25. The van der Waals surface area contributed by atoms with Crippen molar-refractivity contribution in [2.24, 2.45) is 0 Å². The Hall–Kier alpha value is -1.96. The molecule has 1 aromatic heterocycles. The van der Waals surface area contributed by atoms with Gasteiger partial charge in [-0.15, -0.1) is 0 Å². The second-order valence-corrected chi connectivity index (χ2v) is 5.51. The quantitative estimate of drug-likeness (QED) is 0.794. The third kappa shape index (κ3) is 4.25. The standard InChI is InChI=1S/C13H17N3O4S/c1-2-20-10(18)6-5-9(17)16-13-15-8-4-3-7-14-12(19)11(8)21-13/h2-7H2,1H3,(H,14,19)(H,15,16,17). The van der Waals surface area contributed by atoms with Gasteiger partial charge in [0.05, 0.1) is 18.7 Å². The first kappa shape index (κ1) is 15.4. The lowest BCUT2D eigenvalue weighted by molar-refractivity contribution is -0.144. The number of hydrogen-bond donors (Lipinski definition) is 2. The normalized spacial score (nSPS) is 13.9. The molecule has 114 valence electrons. The highest BCUT2D eigenvalue weighted by Gasteiger charge is 2.21. The average molecular weight is 311 g/mol. The van der Waals surface area contributed by atoms with Crippen LogP contribution < -0.4 is 10.6 Å². The summed E-state index contributed by atoms with van der Waals surface area (Å²) in [5.74, 6) is -0.860. The molecule has 2 N–H and O–H groups in total. The molecule has 0 unspecified atom stereocenters. The topological polar surface area (TPSA) is 97.4 Å². The van der Waals surface area contributed by atoms with Crippen LogP contribution in [0.1, 0.15) is 41.6 Å². The zero-order chi connectivity index (χ0) is 15.2. The van der Waals surface area contributed by atoms with Crippen LogP contribution in [0.3, 0.4) is 0 Å². The predicted octanol–water partition coefficient (Wildman–Crippen LogP) is 1.10. The Labute approximate surface area is 126 Å². The predicted molar refractivity (Wildman–Crippen MR) is 77.3 cm³/mol. The van der Waals surface area contributed by atoms with Crippen molar-refractivity contribution >= 4 is 34.3 Å². The summed E-state index contributed by atoms with van der Waals surface area (Å²) in [6.07, 6.45) is 1.61. The number of nitrogens with zero attached hydrogens (tertiary/aromatic N) is 1. The molecule has 0 aromatic carbocycles. The monoisotopic (exact) mass is 311 g/mol. The van der Waals surface area contributed by atoms with Gasteiger partial charge in [0, 0.05) is 13.0 Å². The molecule has 0 saturated carbocycles. The van der Waals surface area contributed by atoms with E-state index in [1.54, 1.807) is 6.92 Å². The zero-order valence-electron chi connectivity index (χ0n) is 11.7. The first-order valence-electron chi connectivity index (χ1n) is 6.83. The van der Waals surface area contributed by atoms with E-state index in [1.807, 2.05) is 0 Å². The smallest absolute Gasteiger partial charge is 0.306 e. The van der Waals surface area contributed by atoms with Crippen LogP contribution in [0.15, 0.2) is 0 Å². The molecule has 2 rings (SSSR count). The van der Waals surface area contributed by atoms with Crippen molar-refractivity contribution in [1.29, 1.82) is 0 Å². The van der Waals surface area contributed by atoms with Crippen molar-refractivity contribution in [3.8, 4) is 0 Å². The number of aromatic nitrogens is 1. The first-order chi connectivity index (χ1) is 10.1. The van der Waals surface area contributed by atoms with Gasteiger partial charge in [0.25, 0.3) is 5.91 Å². The number of nitrogens with one attached hydrogen (secondary N) is 2. The minimum Gasteiger partial charge on any atom is -0.466 e. The van der Waals surface area contributed by atoms with Crippen LogP contribution in [0.4, 0.5) is 5.13 Å². The molecule has 2 amide bonds. The number of carbonyl (C=O) groups is 3. The summed E-state index contributed by atoms with van der Waals surface area (Å²) in [7, 11) is 0. The van der Waals surface area contributed by atoms with Gasteiger partial charge in [0.2, 0.25) is 5.91 Å². The fraction of sp³-hybridized carbons (Fsp3) is 0.538. The number of esters is 1. The van der Waals surface area contributed by atoms with Gasteiger partial charge >= 0.3 is 5.97 Å². The number of ether oxygens (including phenoxy) is 1. The van der Waals surface area contributed by atoms with Crippen LogP contribution in [-0.2, 0) is 20.7 Å². The summed E-state index contributed by atoms with van der Waals surface area (Å²) < 4.78 is 4.75. The Morgan fingerprint density at radius 3 is 3.00 bits per heavy atom. The molecule has 0 fully saturated rings. The van der Waals surface area contributed by atoms with E-state index in [-0.39, 0.29) is 24.7 Å². The average Bonchev–Trinajstić information content (AvgIpc) is 2.76. The molecule has 7 nitrogen and oxygen atoms in total. The minimum absolute atomic E-state index is 0.0330. The largest absolute Gasteiger partial charge is 0.466 e. The Balaban J connectivity index is 1.91. The van der Waals surface area contributed by atoms with Gasteiger partial charge in [0.1, 0.15) is 4.88 Å². The number of fused-ring (bicyclic) bond motifs is 1. The van der Waals surface area contributed by atoms with Crippen LogP contribution >= 0.6 is 11.3 Å². The SMILES string of the molecule is CCOC(=O)CCC(=O)Nc1nc2c(s1)C(=O)NCCC2. The molecule has 0 atom stereocenters. The van der Waals surface area contributed by atoms with E-state index < -0.39 is 5.97 Å². The summed E-state index contributed by atoms with van der Waals surface area (Å²) in [4.78, 5) is 39.5. The molecule has 1 aliphatic heterocycles. The molecule has 1 aliphatic rings. The van der Waals surface area contributed by atoms with Gasteiger partial charge in [0.15, 0.2) is 5.13 Å². The Kier molecular flexibility index (Phi) is 5.26. The lowest BCUT2D eigenvalue weighted by Gasteiger charge is -2.02. The van der Waals surface area contributed by atoms with Gasteiger partial charge in [-0.2, -0.15) is 0 Å². The molecule has 8 heteroatoms. The summed E-state index contributed by atoms with van der Waals surface area (Å²) in [6, 6.07) is 0. The zero-order valence-corrected chi connectivity index (χ0v) is 12.5. The van der Waals surface area contributed by atoms with Crippen LogP contribution in [0, 0.1) is 0 Å². The van der Waals surface area contributed by atoms with Crippen molar-refractivity contribution in [2.75, 3.05) is 18.5 Å². The number of rotatable bonds is 5. The van der Waals surface area contributed by atoms with E-state index >= 15 is 0 Å². The molecule has 0 aliphatic carbocycles. The number of aryl methyl sites for hydroxylation is 1. The summed E-state index contributed by atoms with van der Waals surface area (Å²) in [5.41, 5.74) is 0.718. The second kappa shape index (κ2) is 7.16. The van der Waals surface area contributed by atoms with Crippen LogP contribution in [-0.4, -0.2) is 35.9 Å². The first-order valence-corrected chi connectivity index (χ1v) is 7.65. The maximum absolute atomic E-state index is 11.8. The number of thiazole rings is 1. The second-order valence-electron chi connectivity index (χ2n) is 4.51. The summed E-state index contributed by atoms with van der Waals surface area (Å²) >= 11 is 1.16. The Morgan fingerprint density at radius 2 is 2.24 bits per heavy atom. The lowest BCUT2D eigenvalue weighted by Crippen LogP contribution is -2.21. The maximum Gasteiger partial charge on any atom is 0.306 e.